The van der Waals surface area contributed by atoms with Crippen LogP contribution in [0.1, 0.15) is 50.8 Å². The second kappa shape index (κ2) is 12.1. The van der Waals surface area contributed by atoms with Crippen molar-refractivity contribution in [2.45, 2.75) is 51.9 Å². The average molecular weight is 614 g/mol. The molecular weight excluding hydrogens is 572 g/mol. The van der Waals surface area contributed by atoms with Crippen LogP contribution in [0.25, 0.3) is 21.5 Å². The zero-order valence-corrected chi connectivity index (χ0v) is 27.2. The summed E-state index contributed by atoms with van der Waals surface area (Å²) in [5.74, 6) is -0.815. The molecule has 0 fully saturated rings. The van der Waals surface area contributed by atoms with Crippen molar-refractivity contribution in [3.63, 3.8) is 0 Å². The topological polar surface area (TPSA) is 69.8 Å². The Labute approximate surface area is 270 Å². The summed E-state index contributed by atoms with van der Waals surface area (Å²) in [4.78, 5) is 25.0. The molecule has 2 aliphatic rings. The molecule has 0 atom stereocenters. The normalized spacial score (nSPS) is 17.5. The van der Waals surface area contributed by atoms with E-state index in [-0.39, 0.29) is 17.3 Å². The Morgan fingerprint density at radius 2 is 1.54 bits per heavy atom. The number of carbonyl (C=O) groups excluding carboxylic acids is 1. The summed E-state index contributed by atoms with van der Waals surface area (Å²) in [5.41, 5.74) is 7.56. The molecule has 0 aliphatic carbocycles. The Morgan fingerprint density at radius 3 is 2.24 bits per heavy atom. The summed E-state index contributed by atoms with van der Waals surface area (Å²) in [6.07, 6.45) is 10.5. The molecule has 4 aromatic carbocycles. The SMILES string of the molecule is Cc1cccc2c1N(CCOC=O)\C(=C/C=C/C=C/C1=[N+](CCC(=O)O)c3c(c4ccccc4c4ccccc34)C1(C)C)C2(C)C. The first-order valence-electron chi connectivity index (χ1n) is 15.9. The van der Waals surface area contributed by atoms with Crippen molar-refractivity contribution >= 4 is 51.1 Å². The first-order valence-corrected chi connectivity index (χ1v) is 15.9. The molecule has 0 saturated heterocycles. The second-order valence-corrected chi connectivity index (χ2v) is 13.1. The van der Waals surface area contributed by atoms with E-state index >= 15 is 0 Å². The van der Waals surface area contributed by atoms with Crippen LogP contribution in [-0.2, 0) is 25.2 Å². The van der Waals surface area contributed by atoms with E-state index in [0.29, 0.717) is 26.2 Å². The van der Waals surface area contributed by atoms with Crippen LogP contribution in [0.3, 0.4) is 0 Å². The van der Waals surface area contributed by atoms with Gasteiger partial charge in [0.05, 0.1) is 17.3 Å². The fourth-order valence-corrected chi connectivity index (χ4v) is 7.56. The molecule has 6 nitrogen and oxygen atoms in total. The fourth-order valence-electron chi connectivity index (χ4n) is 7.56. The standard InChI is InChI=1S/C40H40N2O4/c1-27-14-13-19-32-37(27)42(24-25-46-26-43)33(39(32,2)3)20-7-6-8-21-34-40(4,5)36-30-17-11-9-15-28(30)29-16-10-12-18-31(29)38(36)41(34)23-22-35(44)45/h6-21,26H,22-25H2,1-5H3/p+1. The van der Waals surface area contributed by atoms with E-state index < -0.39 is 5.97 Å². The van der Waals surface area contributed by atoms with Gasteiger partial charge in [0.2, 0.25) is 5.69 Å². The lowest BCUT2D eigenvalue weighted by molar-refractivity contribution is -0.435. The number of aryl methyl sites for hydroxylation is 1. The Kier molecular flexibility index (Phi) is 8.15. The second-order valence-electron chi connectivity index (χ2n) is 13.1. The highest BCUT2D eigenvalue weighted by molar-refractivity contribution is 6.18. The van der Waals surface area contributed by atoms with E-state index in [2.05, 4.69) is 135 Å². The van der Waals surface area contributed by atoms with Gasteiger partial charge in [0.15, 0.2) is 12.3 Å². The summed E-state index contributed by atoms with van der Waals surface area (Å²) in [6, 6.07) is 23.3. The number of carbonyl (C=O) groups is 2. The number of nitrogens with zero attached hydrogens (tertiary/aromatic N) is 2. The van der Waals surface area contributed by atoms with E-state index in [9.17, 15) is 14.7 Å². The van der Waals surface area contributed by atoms with Crippen LogP contribution in [0, 0.1) is 6.92 Å². The van der Waals surface area contributed by atoms with Gasteiger partial charge in [0.1, 0.15) is 13.0 Å². The summed E-state index contributed by atoms with van der Waals surface area (Å²) >= 11 is 0. The van der Waals surface area contributed by atoms with Gasteiger partial charge in [0.25, 0.3) is 6.47 Å². The van der Waals surface area contributed by atoms with E-state index in [0.717, 1.165) is 22.5 Å². The van der Waals surface area contributed by atoms with Gasteiger partial charge in [-0.25, -0.2) is 0 Å². The Morgan fingerprint density at radius 1 is 0.870 bits per heavy atom. The number of para-hydroxylation sites is 1. The van der Waals surface area contributed by atoms with Crippen LogP contribution in [0.15, 0.2) is 103 Å². The van der Waals surface area contributed by atoms with Crippen molar-refractivity contribution in [1.82, 2.24) is 0 Å². The molecule has 0 radical (unpaired) electrons. The third kappa shape index (κ3) is 5.12. The van der Waals surface area contributed by atoms with Crippen molar-refractivity contribution in [1.29, 1.82) is 0 Å². The molecule has 1 N–H and O–H groups in total. The summed E-state index contributed by atoms with van der Waals surface area (Å²) in [7, 11) is 0. The highest BCUT2D eigenvalue weighted by atomic mass is 16.5. The van der Waals surface area contributed by atoms with Gasteiger partial charge in [-0.05, 0) is 60.2 Å². The monoisotopic (exact) mass is 613 g/mol. The highest BCUT2D eigenvalue weighted by Gasteiger charge is 2.47. The molecule has 6 heteroatoms. The molecule has 46 heavy (non-hydrogen) atoms. The number of hydrogen-bond donors (Lipinski definition) is 1. The minimum Gasteiger partial charge on any atom is -0.481 e. The zero-order valence-electron chi connectivity index (χ0n) is 27.2. The van der Waals surface area contributed by atoms with Crippen LogP contribution in [0.2, 0.25) is 0 Å². The van der Waals surface area contributed by atoms with Crippen molar-refractivity contribution < 1.29 is 24.0 Å². The molecule has 0 aromatic heterocycles. The predicted octanol–water partition coefficient (Wildman–Crippen LogP) is 8.12. The first-order chi connectivity index (χ1) is 22.1. The first kappa shape index (κ1) is 31.0. The lowest BCUT2D eigenvalue weighted by atomic mass is 9.78. The number of fused-ring (bicyclic) bond motifs is 7. The average Bonchev–Trinajstić information content (AvgIpc) is 3.39. The highest BCUT2D eigenvalue weighted by Crippen LogP contribution is 2.50. The van der Waals surface area contributed by atoms with Gasteiger partial charge < -0.3 is 14.7 Å². The molecule has 0 unspecified atom stereocenters. The molecule has 0 saturated carbocycles. The largest absolute Gasteiger partial charge is 0.481 e. The summed E-state index contributed by atoms with van der Waals surface area (Å²) in [5, 5.41) is 14.4. The molecule has 2 heterocycles. The van der Waals surface area contributed by atoms with E-state index in [4.69, 9.17) is 4.74 Å². The lowest BCUT2D eigenvalue weighted by Gasteiger charge is -2.27. The number of benzene rings is 4. The Balaban J connectivity index is 1.41. The minimum absolute atomic E-state index is 0.0364. The molecule has 4 aromatic rings. The number of aliphatic carboxylic acids is 1. The molecule has 234 valence electrons. The van der Waals surface area contributed by atoms with Crippen molar-refractivity contribution in [2.24, 2.45) is 0 Å². The molecule has 0 spiro atoms. The third-order valence-corrected chi connectivity index (χ3v) is 9.62. The molecular formula is C40H41N2O4+. The quantitative estimate of drug-likeness (QED) is 0.0643. The van der Waals surface area contributed by atoms with Crippen LogP contribution in [0.5, 0.6) is 0 Å². The van der Waals surface area contributed by atoms with Gasteiger partial charge in [-0.2, -0.15) is 4.58 Å². The predicted molar refractivity (Wildman–Crippen MR) is 186 cm³/mol. The summed E-state index contributed by atoms with van der Waals surface area (Å²) in [6.45, 7) is 12.8. The fraction of sp³-hybridized carbons (Fsp3) is 0.275. The number of allylic oxidation sites excluding steroid dienone is 6. The summed E-state index contributed by atoms with van der Waals surface area (Å²) < 4.78 is 7.31. The van der Waals surface area contributed by atoms with Gasteiger partial charge in [0, 0.05) is 28.4 Å². The number of ether oxygens (including phenoxy) is 1. The number of anilines is 1. The molecule has 0 bridgehead atoms. The number of carboxylic acid groups (broad SMARTS) is 1. The van der Waals surface area contributed by atoms with Crippen molar-refractivity contribution in [3.05, 3.63) is 119 Å². The van der Waals surface area contributed by atoms with Gasteiger partial charge in [-0.1, -0.05) is 92.7 Å². The molecule has 2 aliphatic heterocycles. The van der Waals surface area contributed by atoms with Crippen LogP contribution in [0.4, 0.5) is 11.4 Å². The van der Waals surface area contributed by atoms with E-state index in [1.807, 2.05) is 6.08 Å². The van der Waals surface area contributed by atoms with Gasteiger partial charge >= 0.3 is 5.97 Å². The Bertz CT molecular complexity index is 1990. The zero-order chi connectivity index (χ0) is 32.6. The minimum atomic E-state index is -0.815. The molecule has 0 amide bonds. The maximum absolute atomic E-state index is 11.8. The van der Waals surface area contributed by atoms with E-state index in [1.165, 1.54) is 38.5 Å². The van der Waals surface area contributed by atoms with Gasteiger partial charge in [-0.3, -0.25) is 9.59 Å². The number of rotatable bonds is 10. The van der Waals surface area contributed by atoms with Crippen LogP contribution < -0.4 is 4.90 Å². The lowest BCUT2D eigenvalue weighted by Crippen LogP contribution is -2.29. The van der Waals surface area contributed by atoms with Crippen LogP contribution >= 0.6 is 0 Å². The smallest absolute Gasteiger partial charge is 0.309 e. The van der Waals surface area contributed by atoms with Crippen LogP contribution in [-0.4, -0.2) is 47.5 Å². The van der Waals surface area contributed by atoms with Crippen molar-refractivity contribution in [3.8, 4) is 0 Å². The number of hydrogen-bond acceptors (Lipinski definition) is 4. The van der Waals surface area contributed by atoms with E-state index in [1.54, 1.807) is 0 Å². The molecule has 6 rings (SSSR count). The Hall–Kier alpha value is -4.97. The van der Waals surface area contributed by atoms with Crippen molar-refractivity contribution in [2.75, 3.05) is 24.6 Å². The number of carboxylic acids is 1. The maximum Gasteiger partial charge on any atom is 0.309 e. The van der Waals surface area contributed by atoms with Gasteiger partial charge in [-0.15, -0.1) is 0 Å². The third-order valence-electron chi connectivity index (χ3n) is 9.62. The maximum atomic E-state index is 11.8.